The second-order valence-electron chi connectivity index (χ2n) is 3.09. The number of aliphatic imine (C=N–C) groups is 1. The summed E-state index contributed by atoms with van der Waals surface area (Å²) < 4.78 is 0. The number of aliphatic carboxylic acids is 1. The Labute approximate surface area is 81.6 Å². The van der Waals surface area contributed by atoms with Crippen molar-refractivity contribution in [2.75, 3.05) is 6.54 Å². The third-order valence-electron chi connectivity index (χ3n) is 2.19. The molecule has 4 nitrogen and oxygen atoms in total. The van der Waals surface area contributed by atoms with Crippen LogP contribution in [0.3, 0.4) is 0 Å². The van der Waals surface area contributed by atoms with Gasteiger partial charge >= 0.3 is 5.97 Å². The van der Waals surface area contributed by atoms with Gasteiger partial charge in [-0.25, -0.2) is 0 Å². The molecule has 0 amide bonds. The van der Waals surface area contributed by atoms with Gasteiger partial charge in [0.2, 0.25) is 0 Å². The maximum Gasteiger partial charge on any atom is 0.316 e. The molecule has 72 valence electrons. The van der Waals surface area contributed by atoms with Crippen LogP contribution in [0.1, 0.15) is 0 Å². The van der Waals surface area contributed by atoms with Gasteiger partial charge in [-0.3, -0.25) is 9.79 Å². The number of hydrogen-bond acceptors (Lipinski definition) is 3. The van der Waals surface area contributed by atoms with Gasteiger partial charge in [0.15, 0.2) is 0 Å². The van der Waals surface area contributed by atoms with Crippen LogP contribution in [-0.2, 0) is 4.79 Å². The molecule has 2 heterocycles. The standard InChI is InChI=1S/C10H10N2O2/c13-10(14)8-3-1-5-12-6-2-4-11-7-9(8)12/h1-4,6-8H,5H2,(H,13,14). The van der Waals surface area contributed by atoms with Crippen molar-refractivity contribution in [2.24, 2.45) is 10.9 Å². The van der Waals surface area contributed by atoms with Crippen LogP contribution in [0.25, 0.3) is 0 Å². The Hall–Kier alpha value is -1.84. The van der Waals surface area contributed by atoms with Crippen molar-refractivity contribution in [3.05, 3.63) is 36.3 Å². The molecule has 0 bridgehead atoms. The summed E-state index contributed by atoms with van der Waals surface area (Å²) in [6, 6.07) is 0. The van der Waals surface area contributed by atoms with E-state index in [-0.39, 0.29) is 0 Å². The Bertz CT molecular complexity index is 366. The first-order valence-corrected chi connectivity index (χ1v) is 4.35. The summed E-state index contributed by atoms with van der Waals surface area (Å²) in [7, 11) is 0. The molecule has 0 aromatic rings. The van der Waals surface area contributed by atoms with Crippen LogP contribution in [0.4, 0.5) is 0 Å². The Morgan fingerprint density at radius 3 is 3.29 bits per heavy atom. The summed E-state index contributed by atoms with van der Waals surface area (Å²) in [5, 5.41) is 8.97. The highest BCUT2D eigenvalue weighted by molar-refractivity contribution is 5.77. The largest absolute Gasteiger partial charge is 0.481 e. The smallest absolute Gasteiger partial charge is 0.316 e. The number of hydrogen-bond donors (Lipinski definition) is 1. The van der Waals surface area contributed by atoms with Gasteiger partial charge in [0, 0.05) is 25.2 Å². The average molecular weight is 190 g/mol. The van der Waals surface area contributed by atoms with E-state index in [4.69, 9.17) is 5.11 Å². The van der Waals surface area contributed by atoms with E-state index in [1.165, 1.54) is 0 Å². The van der Waals surface area contributed by atoms with Gasteiger partial charge in [0.25, 0.3) is 0 Å². The molecule has 0 saturated carbocycles. The highest BCUT2D eigenvalue weighted by Crippen LogP contribution is 2.23. The van der Waals surface area contributed by atoms with E-state index in [1.807, 2.05) is 17.2 Å². The van der Waals surface area contributed by atoms with E-state index < -0.39 is 11.9 Å². The molecule has 2 aliphatic heterocycles. The maximum atomic E-state index is 10.9. The molecule has 4 heteroatoms. The number of nitrogens with zero attached hydrogens (tertiary/aromatic N) is 2. The van der Waals surface area contributed by atoms with Crippen LogP contribution in [0.2, 0.25) is 0 Å². The number of carboxylic acid groups (broad SMARTS) is 1. The molecule has 1 atom stereocenters. The number of fused-ring (bicyclic) bond motifs is 1. The Morgan fingerprint density at radius 2 is 2.50 bits per heavy atom. The number of rotatable bonds is 1. The van der Waals surface area contributed by atoms with E-state index in [0.29, 0.717) is 12.2 Å². The second kappa shape index (κ2) is 3.49. The van der Waals surface area contributed by atoms with Crippen molar-refractivity contribution in [2.45, 2.75) is 0 Å². The van der Waals surface area contributed by atoms with E-state index in [9.17, 15) is 4.79 Å². The summed E-state index contributed by atoms with van der Waals surface area (Å²) in [5.41, 5.74) is 0.713. The molecule has 0 aromatic heterocycles. The van der Waals surface area contributed by atoms with E-state index in [0.717, 1.165) is 0 Å². The van der Waals surface area contributed by atoms with Gasteiger partial charge in [-0.15, -0.1) is 0 Å². The second-order valence-corrected chi connectivity index (χ2v) is 3.09. The molecule has 2 rings (SSSR count). The van der Waals surface area contributed by atoms with Gasteiger partial charge in [-0.05, 0) is 6.08 Å². The minimum atomic E-state index is -0.845. The van der Waals surface area contributed by atoms with Gasteiger partial charge in [-0.1, -0.05) is 12.2 Å². The molecular weight excluding hydrogens is 180 g/mol. The molecule has 2 aliphatic rings. The minimum Gasteiger partial charge on any atom is -0.481 e. The zero-order valence-corrected chi connectivity index (χ0v) is 7.50. The van der Waals surface area contributed by atoms with Crippen LogP contribution in [-0.4, -0.2) is 28.7 Å². The number of carboxylic acids is 1. The third-order valence-corrected chi connectivity index (χ3v) is 2.19. The fourth-order valence-electron chi connectivity index (χ4n) is 1.51. The first-order valence-electron chi connectivity index (χ1n) is 4.35. The molecule has 14 heavy (non-hydrogen) atoms. The number of carbonyl (C=O) groups is 1. The zero-order valence-electron chi connectivity index (χ0n) is 7.50. The normalized spacial score (nSPS) is 24.1. The lowest BCUT2D eigenvalue weighted by molar-refractivity contribution is -0.139. The molecule has 0 fully saturated rings. The highest BCUT2D eigenvalue weighted by atomic mass is 16.4. The summed E-state index contributed by atoms with van der Waals surface area (Å²) in [5.74, 6) is -1.42. The molecule has 0 saturated heterocycles. The van der Waals surface area contributed by atoms with Crippen molar-refractivity contribution in [3.63, 3.8) is 0 Å². The van der Waals surface area contributed by atoms with Crippen LogP contribution in [0, 0.1) is 5.92 Å². The first kappa shape index (κ1) is 8.74. The van der Waals surface area contributed by atoms with E-state index in [1.54, 1.807) is 24.6 Å². The quantitative estimate of drug-likeness (QED) is 0.627. The third kappa shape index (κ3) is 1.46. The lowest BCUT2D eigenvalue weighted by Gasteiger charge is -2.27. The molecule has 1 unspecified atom stereocenters. The van der Waals surface area contributed by atoms with Crippen molar-refractivity contribution < 1.29 is 9.90 Å². The highest BCUT2D eigenvalue weighted by Gasteiger charge is 2.26. The summed E-state index contributed by atoms with van der Waals surface area (Å²) in [6.07, 6.45) is 10.4. The zero-order chi connectivity index (χ0) is 9.97. The minimum absolute atomic E-state index is 0.580. The van der Waals surface area contributed by atoms with Crippen molar-refractivity contribution in [3.8, 4) is 0 Å². The van der Waals surface area contributed by atoms with Crippen LogP contribution in [0.15, 0.2) is 41.3 Å². The lowest BCUT2D eigenvalue weighted by atomic mass is 10.0. The SMILES string of the molecule is O=C(O)C1C=CCN2C=CC=NC=C12. The Morgan fingerprint density at radius 1 is 1.64 bits per heavy atom. The molecule has 1 N–H and O–H groups in total. The molecular formula is C10H10N2O2. The first-order chi connectivity index (χ1) is 6.79. The van der Waals surface area contributed by atoms with Crippen LogP contribution < -0.4 is 0 Å². The van der Waals surface area contributed by atoms with Crippen molar-refractivity contribution in [1.82, 2.24) is 4.90 Å². The van der Waals surface area contributed by atoms with Crippen LogP contribution >= 0.6 is 0 Å². The molecule has 0 aromatic carbocycles. The summed E-state index contributed by atoms with van der Waals surface area (Å²) in [4.78, 5) is 16.8. The predicted octanol–water partition coefficient (Wildman–Crippen LogP) is 0.999. The van der Waals surface area contributed by atoms with E-state index in [2.05, 4.69) is 4.99 Å². The molecule has 0 spiro atoms. The van der Waals surface area contributed by atoms with Gasteiger partial charge in [-0.2, -0.15) is 0 Å². The summed E-state index contributed by atoms with van der Waals surface area (Å²) >= 11 is 0. The Balaban J connectivity index is 2.37. The lowest BCUT2D eigenvalue weighted by Crippen LogP contribution is -2.29. The van der Waals surface area contributed by atoms with Crippen LogP contribution in [0.5, 0.6) is 0 Å². The topological polar surface area (TPSA) is 52.9 Å². The Kier molecular flexibility index (Phi) is 2.18. The molecule has 0 radical (unpaired) electrons. The monoisotopic (exact) mass is 190 g/mol. The molecule has 0 aliphatic carbocycles. The van der Waals surface area contributed by atoms with Crippen molar-refractivity contribution in [1.29, 1.82) is 0 Å². The summed E-state index contributed by atoms with van der Waals surface area (Å²) in [6.45, 7) is 0.704. The van der Waals surface area contributed by atoms with Gasteiger partial charge in [0.1, 0.15) is 5.92 Å². The fourth-order valence-corrected chi connectivity index (χ4v) is 1.51. The average Bonchev–Trinajstić information content (AvgIpc) is 2.41. The predicted molar refractivity (Wildman–Crippen MR) is 52.7 cm³/mol. The van der Waals surface area contributed by atoms with Gasteiger partial charge in [0.05, 0.1) is 5.70 Å². The van der Waals surface area contributed by atoms with Gasteiger partial charge < -0.3 is 10.0 Å². The van der Waals surface area contributed by atoms with Crippen molar-refractivity contribution >= 4 is 12.2 Å². The number of allylic oxidation sites excluding steroid dienone is 1. The van der Waals surface area contributed by atoms with E-state index >= 15 is 0 Å². The fraction of sp³-hybridized carbons (Fsp3) is 0.200. The maximum absolute atomic E-state index is 10.9.